The summed E-state index contributed by atoms with van der Waals surface area (Å²) in [6.07, 6.45) is 1.32. The fraction of sp³-hybridized carbons (Fsp3) is 0.667. The number of esters is 2. The molecule has 1 aliphatic rings. The molecule has 0 aromatic carbocycles. The zero-order chi connectivity index (χ0) is 18.2. The molecule has 25 heavy (non-hydrogen) atoms. The number of ether oxygens (including phenoxy) is 3. The summed E-state index contributed by atoms with van der Waals surface area (Å²) in [4.78, 5) is 30.0. The van der Waals surface area contributed by atoms with E-state index in [4.69, 9.17) is 14.2 Å². The maximum atomic E-state index is 11.9. The molecule has 1 atom stereocenters. The van der Waals surface area contributed by atoms with Crippen LogP contribution in [0, 0.1) is 5.92 Å². The van der Waals surface area contributed by atoms with Crippen LogP contribution in [0.5, 0.6) is 0 Å². The highest BCUT2D eigenvalue weighted by atomic mass is 32.1. The highest BCUT2D eigenvalue weighted by Crippen LogP contribution is 2.27. The van der Waals surface area contributed by atoms with E-state index in [1.807, 2.05) is 6.92 Å². The van der Waals surface area contributed by atoms with E-state index in [0.717, 1.165) is 18.2 Å². The van der Waals surface area contributed by atoms with E-state index < -0.39 is 17.9 Å². The molecule has 1 aromatic rings. The Hall–Kier alpha value is -2.07. The van der Waals surface area contributed by atoms with E-state index in [9.17, 15) is 9.59 Å². The van der Waals surface area contributed by atoms with E-state index >= 15 is 0 Å². The maximum absolute atomic E-state index is 11.9. The summed E-state index contributed by atoms with van der Waals surface area (Å²) >= 11 is 1.28. The summed E-state index contributed by atoms with van der Waals surface area (Å²) in [5.41, 5.74) is 0. The normalized spacial score (nSPS) is 17.9. The van der Waals surface area contributed by atoms with Crippen molar-refractivity contribution < 1.29 is 23.8 Å². The number of hydrogen-bond acceptors (Lipinski definition) is 10. The lowest BCUT2D eigenvalue weighted by Crippen LogP contribution is -2.41. The zero-order valence-corrected chi connectivity index (χ0v) is 15.3. The Kier molecular flexibility index (Phi) is 7.26. The molecule has 0 saturated carbocycles. The van der Waals surface area contributed by atoms with Crippen LogP contribution in [-0.4, -0.2) is 67.4 Å². The first-order valence-corrected chi connectivity index (χ1v) is 8.94. The molecule has 0 amide bonds. The molecular formula is C15H22N4O5S. The molecule has 1 saturated heterocycles. The van der Waals surface area contributed by atoms with Gasteiger partial charge < -0.3 is 19.1 Å². The largest absolute Gasteiger partial charge is 0.465 e. The van der Waals surface area contributed by atoms with Crippen molar-refractivity contribution in [3.05, 3.63) is 0 Å². The Morgan fingerprint density at radius 1 is 1.36 bits per heavy atom. The monoisotopic (exact) mass is 370 g/mol. The first-order chi connectivity index (χ1) is 12.0. The van der Waals surface area contributed by atoms with Gasteiger partial charge in [-0.25, -0.2) is 4.99 Å². The van der Waals surface area contributed by atoms with Gasteiger partial charge in [0.25, 0.3) is 0 Å². The van der Waals surface area contributed by atoms with Crippen molar-refractivity contribution >= 4 is 39.8 Å². The van der Waals surface area contributed by atoms with Gasteiger partial charge in [-0.2, -0.15) is 0 Å². The number of hydrogen-bond donors (Lipinski definition) is 0. The van der Waals surface area contributed by atoms with E-state index in [1.165, 1.54) is 17.6 Å². The fourth-order valence-electron chi connectivity index (χ4n) is 2.20. The average Bonchev–Trinajstić information content (AvgIpc) is 3.04. The van der Waals surface area contributed by atoms with Crippen molar-refractivity contribution in [2.24, 2.45) is 10.9 Å². The van der Waals surface area contributed by atoms with Crippen molar-refractivity contribution in [3.8, 4) is 0 Å². The molecule has 0 radical (unpaired) electrons. The minimum absolute atomic E-state index is 0.126. The molecular weight excluding hydrogens is 348 g/mol. The Labute approximate surface area is 150 Å². The summed E-state index contributed by atoms with van der Waals surface area (Å²) in [5.74, 6) is -2.61. The van der Waals surface area contributed by atoms with Gasteiger partial charge in [-0.3, -0.25) is 9.59 Å². The number of carbonyl (C=O) groups is 2. The second-order valence-corrected chi connectivity index (χ2v) is 6.19. The van der Waals surface area contributed by atoms with Crippen LogP contribution < -0.4 is 4.90 Å². The molecule has 138 valence electrons. The maximum Gasteiger partial charge on any atom is 0.325 e. The van der Waals surface area contributed by atoms with E-state index in [0.29, 0.717) is 11.7 Å². The van der Waals surface area contributed by atoms with Crippen molar-refractivity contribution in [1.29, 1.82) is 0 Å². The van der Waals surface area contributed by atoms with Gasteiger partial charge in [-0.1, -0.05) is 11.3 Å². The Morgan fingerprint density at radius 3 is 2.64 bits per heavy atom. The number of morpholine rings is 1. The number of aromatic nitrogens is 2. The number of aliphatic imine (C=N–C) groups is 1. The van der Waals surface area contributed by atoms with E-state index in [1.54, 1.807) is 13.8 Å². The predicted octanol–water partition coefficient (Wildman–Crippen LogP) is 1.21. The van der Waals surface area contributed by atoms with Crippen molar-refractivity contribution in [3.63, 3.8) is 0 Å². The highest BCUT2D eigenvalue weighted by molar-refractivity contribution is 7.18. The number of carbonyl (C=O) groups excluding carboxylic acids is 2. The highest BCUT2D eigenvalue weighted by Gasteiger charge is 2.28. The Balaban J connectivity index is 2.07. The smallest absolute Gasteiger partial charge is 0.325 e. The van der Waals surface area contributed by atoms with Crippen molar-refractivity contribution in [1.82, 2.24) is 10.2 Å². The quantitative estimate of drug-likeness (QED) is 0.401. The molecule has 1 fully saturated rings. The van der Waals surface area contributed by atoms with Gasteiger partial charge in [0.15, 0.2) is 5.92 Å². The van der Waals surface area contributed by atoms with Crippen molar-refractivity contribution in [2.45, 2.75) is 26.9 Å². The first-order valence-electron chi connectivity index (χ1n) is 8.12. The lowest BCUT2D eigenvalue weighted by Gasteiger charge is -2.30. The van der Waals surface area contributed by atoms with E-state index in [2.05, 4.69) is 20.1 Å². The Bertz CT molecular complexity index is 603. The zero-order valence-electron chi connectivity index (χ0n) is 14.5. The molecule has 0 spiro atoms. The third-order valence-electron chi connectivity index (χ3n) is 3.33. The summed E-state index contributed by atoms with van der Waals surface area (Å²) in [6.45, 7) is 7.75. The van der Waals surface area contributed by atoms with Gasteiger partial charge in [0.05, 0.1) is 25.9 Å². The number of anilines is 1. The lowest BCUT2D eigenvalue weighted by molar-refractivity contribution is -0.157. The SMILES string of the molecule is CCOC(=O)C(C=Nc1nnc(N2CCOC(C)C2)s1)C(=O)OCC. The van der Waals surface area contributed by atoms with Gasteiger partial charge in [0, 0.05) is 19.3 Å². The van der Waals surface area contributed by atoms with Crippen LogP contribution in [0.15, 0.2) is 4.99 Å². The molecule has 1 aliphatic heterocycles. The van der Waals surface area contributed by atoms with Gasteiger partial charge in [0.1, 0.15) is 0 Å². The molecule has 1 aromatic heterocycles. The number of nitrogens with zero attached hydrogens (tertiary/aromatic N) is 4. The second kappa shape index (κ2) is 9.42. The minimum atomic E-state index is -1.21. The molecule has 10 heteroatoms. The first kappa shape index (κ1) is 19.3. The second-order valence-electron chi connectivity index (χ2n) is 5.25. The van der Waals surface area contributed by atoms with Gasteiger partial charge in [-0.15, -0.1) is 10.2 Å². The molecule has 9 nitrogen and oxygen atoms in total. The molecule has 0 aliphatic carbocycles. The third-order valence-corrected chi connectivity index (χ3v) is 4.22. The lowest BCUT2D eigenvalue weighted by atomic mass is 10.2. The minimum Gasteiger partial charge on any atom is -0.465 e. The van der Waals surface area contributed by atoms with Gasteiger partial charge in [0.2, 0.25) is 10.3 Å². The van der Waals surface area contributed by atoms with E-state index in [-0.39, 0.29) is 19.3 Å². The van der Waals surface area contributed by atoms with Crippen LogP contribution >= 0.6 is 11.3 Å². The van der Waals surface area contributed by atoms with Crippen molar-refractivity contribution in [2.75, 3.05) is 37.8 Å². The third kappa shape index (κ3) is 5.46. The van der Waals surface area contributed by atoms with Crippen LogP contribution in [0.3, 0.4) is 0 Å². The van der Waals surface area contributed by atoms with Gasteiger partial charge >= 0.3 is 11.9 Å². The summed E-state index contributed by atoms with van der Waals surface area (Å²) in [5, 5.41) is 9.17. The van der Waals surface area contributed by atoms with Crippen LogP contribution in [0.1, 0.15) is 20.8 Å². The molecule has 2 heterocycles. The summed E-state index contributed by atoms with van der Waals surface area (Å²) in [7, 11) is 0. The van der Waals surface area contributed by atoms with Gasteiger partial charge in [-0.05, 0) is 20.8 Å². The summed E-state index contributed by atoms with van der Waals surface area (Å²) in [6, 6.07) is 0. The van der Waals surface area contributed by atoms with Crippen LogP contribution in [0.4, 0.5) is 10.3 Å². The standard InChI is InChI=1S/C15H22N4O5S/c1-4-22-12(20)11(13(21)23-5-2)8-16-14-17-18-15(25-14)19-6-7-24-10(3)9-19/h8,10-11H,4-7,9H2,1-3H3. The Morgan fingerprint density at radius 2 is 2.04 bits per heavy atom. The molecule has 0 N–H and O–H groups in total. The topological polar surface area (TPSA) is 103 Å². The number of rotatable bonds is 7. The van der Waals surface area contributed by atoms with Crippen LogP contribution in [0.2, 0.25) is 0 Å². The fourth-order valence-corrected chi connectivity index (χ4v) is 2.94. The van der Waals surface area contributed by atoms with Crippen LogP contribution in [-0.2, 0) is 23.8 Å². The molecule has 1 unspecified atom stereocenters. The molecule has 0 bridgehead atoms. The predicted molar refractivity (Wildman–Crippen MR) is 92.4 cm³/mol. The molecule has 2 rings (SSSR count). The van der Waals surface area contributed by atoms with Crippen LogP contribution in [0.25, 0.3) is 0 Å². The average molecular weight is 370 g/mol. The summed E-state index contributed by atoms with van der Waals surface area (Å²) < 4.78 is 15.3.